The Morgan fingerprint density at radius 3 is 2.68 bits per heavy atom. The number of pyridine rings is 1. The lowest BCUT2D eigenvalue weighted by Gasteiger charge is -2.19. The van der Waals surface area contributed by atoms with Crippen molar-refractivity contribution in [1.29, 1.82) is 0 Å². The maximum absolute atomic E-state index is 11.3. The molecule has 0 aromatic carbocycles. The summed E-state index contributed by atoms with van der Waals surface area (Å²) in [6.07, 6.45) is 0.398. The monoisotopic (exact) mass is 264 g/mol. The third-order valence-corrected chi connectivity index (χ3v) is 3.10. The zero-order chi connectivity index (χ0) is 14.4. The van der Waals surface area contributed by atoms with Gasteiger partial charge in [0.15, 0.2) is 0 Å². The molecule has 0 aliphatic carbocycles. The van der Waals surface area contributed by atoms with Crippen LogP contribution in [0, 0.1) is 20.8 Å². The Kier molecular flexibility index (Phi) is 5.96. The van der Waals surface area contributed by atoms with Crippen molar-refractivity contribution in [3.63, 3.8) is 0 Å². The number of nitrogens with zero attached hydrogens (tertiary/aromatic N) is 1. The molecule has 1 aromatic heterocycles. The van der Waals surface area contributed by atoms with E-state index < -0.39 is 0 Å². The number of carbonyl (C=O) groups is 1. The van der Waals surface area contributed by atoms with Crippen LogP contribution in [0.3, 0.4) is 0 Å². The summed E-state index contributed by atoms with van der Waals surface area (Å²) < 4.78 is 4.90. The highest BCUT2D eigenvalue weighted by atomic mass is 16.5. The van der Waals surface area contributed by atoms with E-state index in [2.05, 4.69) is 30.2 Å². The van der Waals surface area contributed by atoms with Crippen LogP contribution in [0.2, 0.25) is 0 Å². The molecule has 1 heterocycles. The van der Waals surface area contributed by atoms with Crippen LogP contribution in [0.4, 0.5) is 0 Å². The minimum absolute atomic E-state index is 0.155. The van der Waals surface area contributed by atoms with Gasteiger partial charge in [-0.1, -0.05) is 0 Å². The third-order valence-electron chi connectivity index (χ3n) is 3.10. The SMILES string of the molecule is CCOC(=O)CCNC(C)c1c(C)cc(C)nc1C. The second-order valence-corrected chi connectivity index (χ2v) is 4.81. The molecule has 4 nitrogen and oxygen atoms in total. The Hall–Kier alpha value is -1.42. The maximum Gasteiger partial charge on any atom is 0.307 e. The number of ether oxygens (including phenoxy) is 1. The molecule has 0 spiro atoms. The zero-order valence-corrected chi connectivity index (χ0v) is 12.5. The second-order valence-electron chi connectivity index (χ2n) is 4.81. The van der Waals surface area contributed by atoms with E-state index >= 15 is 0 Å². The number of esters is 1. The lowest BCUT2D eigenvalue weighted by Crippen LogP contribution is -2.24. The molecule has 1 aromatic rings. The highest BCUT2D eigenvalue weighted by Gasteiger charge is 2.13. The fourth-order valence-corrected chi connectivity index (χ4v) is 2.41. The molecule has 0 amide bonds. The number of hydrogen-bond donors (Lipinski definition) is 1. The van der Waals surface area contributed by atoms with Gasteiger partial charge >= 0.3 is 5.97 Å². The first-order valence-electron chi connectivity index (χ1n) is 6.79. The van der Waals surface area contributed by atoms with Crippen molar-refractivity contribution < 1.29 is 9.53 Å². The Morgan fingerprint density at radius 1 is 1.42 bits per heavy atom. The van der Waals surface area contributed by atoms with Crippen LogP contribution in [-0.2, 0) is 9.53 Å². The van der Waals surface area contributed by atoms with Gasteiger partial charge in [0.05, 0.1) is 13.0 Å². The van der Waals surface area contributed by atoms with Crippen LogP contribution in [-0.4, -0.2) is 24.1 Å². The van der Waals surface area contributed by atoms with Crippen molar-refractivity contribution in [1.82, 2.24) is 10.3 Å². The Balaban J connectivity index is 2.59. The molecule has 1 N–H and O–H groups in total. The summed E-state index contributed by atoms with van der Waals surface area (Å²) in [5, 5.41) is 3.35. The quantitative estimate of drug-likeness (QED) is 0.802. The molecule has 0 fully saturated rings. The second kappa shape index (κ2) is 7.24. The third kappa shape index (κ3) is 4.63. The predicted octanol–water partition coefficient (Wildman–Crippen LogP) is 2.61. The molecule has 0 radical (unpaired) electrons. The van der Waals surface area contributed by atoms with E-state index in [9.17, 15) is 4.79 Å². The summed E-state index contributed by atoms with van der Waals surface area (Å²) in [7, 11) is 0. The van der Waals surface area contributed by atoms with E-state index in [-0.39, 0.29) is 12.0 Å². The van der Waals surface area contributed by atoms with Crippen molar-refractivity contribution in [2.75, 3.05) is 13.2 Å². The standard InChI is InChI=1S/C15H24N2O2/c1-6-19-14(18)7-8-16-12(4)15-10(2)9-11(3)17-13(15)5/h9,12,16H,6-8H2,1-5H3. The summed E-state index contributed by atoms with van der Waals surface area (Å²) >= 11 is 0. The molecule has 1 unspecified atom stereocenters. The smallest absolute Gasteiger partial charge is 0.307 e. The van der Waals surface area contributed by atoms with Gasteiger partial charge in [0.1, 0.15) is 0 Å². The highest BCUT2D eigenvalue weighted by molar-refractivity contribution is 5.69. The number of rotatable bonds is 6. The first-order chi connectivity index (χ1) is 8.95. The van der Waals surface area contributed by atoms with Crippen LogP contribution in [0.25, 0.3) is 0 Å². The fourth-order valence-electron chi connectivity index (χ4n) is 2.41. The molecule has 106 valence electrons. The minimum Gasteiger partial charge on any atom is -0.466 e. The fraction of sp³-hybridized carbons (Fsp3) is 0.600. The van der Waals surface area contributed by atoms with E-state index in [4.69, 9.17) is 4.74 Å². The van der Waals surface area contributed by atoms with Gasteiger partial charge in [-0.05, 0) is 51.8 Å². The molecule has 0 bridgehead atoms. The lowest BCUT2D eigenvalue weighted by atomic mass is 10.0. The number of aryl methyl sites for hydroxylation is 3. The average molecular weight is 264 g/mol. The lowest BCUT2D eigenvalue weighted by molar-refractivity contribution is -0.143. The molecular formula is C15H24N2O2. The molecule has 0 aliphatic heterocycles. The average Bonchev–Trinajstić information content (AvgIpc) is 2.27. The van der Waals surface area contributed by atoms with Crippen molar-refractivity contribution in [3.05, 3.63) is 28.6 Å². The summed E-state index contributed by atoms with van der Waals surface area (Å²) in [6.45, 7) is 11.1. The molecule has 19 heavy (non-hydrogen) atoms. The van der Waals surface area contributed by atoms with E-state index in [1.54, 1.807) is 0 Å². The first-order valence-corrected chi connectivity index (χ1v) is 6.79. The summed E-state index contributed by atoms with van der Waals surface area (Å²) in [6, 6.07) is 2.27. The van der Waals surface area contributed by atoms with Gasteiger partial charge in [0, 0.05) is 24.0 Å². The number of aromatic nitrogens is 1. The Labute approximate surface area is 115 Å². The molecular weight excluding hydrogens is 240 g/mol. The first kappa shape index (κ1) is 15.6. The van der Waals surface area contributed by atoms with Crippen molar-refractivity contribution in [2.24, 2.45) is 0 Å². The topological polar surface area (TPSA) is 51.2 Å². The van der Waals surface area contributed by atoms with Crippen molar-refractivity contribution >= 4 is 5.97 Å². The summed E-state index contributed by atoms with van der Waals surface area (Å²) in [5.74, 6) is -0.155. The molecule has 0 saturated carbocycles. The van der Waals surface area contributed by atoms with Crippen LogP contribution in [0.5, 0.6) is 0 Å². The normalized spacial score (nSPS) is 12.3. The van der Waals surface area contributed by atoms with E-state index in [0.717, 1.165) is 11.4 Å². The van der Waals surface area contributed by atoms with Crippen LogP contribution in [0.1, 0.15) is 48.8 Å². The Bertz CT molecular complexity index is 421. The van der Waals surface area contributed by atoms with Crippen LogP contribution >= 0.6 is 0 Å². The molecule has 4 heteroatoms. The van der Waals surface area contributed by atoms with E-state index in [1.807, 2.05) is 20.8 Å². The summed E-state index contributed by atoms with van der Waals surface area (Å²) in [4.78, 5) is 15.8. The van der Waals surface area contributed by atoms with Gasteiger partial charge in [-0.25, -0.2) is 0 Å². The Morgan fingerprint density at radius 2 is 2.11 bits per heavy atom. The van der Waals surface area contributed by atoms with E-state index in [0.29, 0.717) is 19.6 Å². The zero-order valence-electron chi connectivity index (χ0n) is 12.5. The van der Waals surface area contributed by atoms with Gasteiger partial charge in [-0.2, -0.15) is 0 Å². The van der Waals surface area contributed by atoms with Gasteiger partial charge in [-0.3, -0.25) is 9.78 Å². The number of nitrogens with one attached hydrogen (secondary N) is 1. The van der Waals surface area contributed by atoms with Gasteiger partial charge in [0.2, 0.25) is 0 Å². The van der Waals surface area contributed by atoms with Gasteiger partial charge in [-0.15, -0.1) is 0 Å². The molecule has 1 atom stereocenters. The van der Waals surface area contributed by atoms with Gasteiger partial charge in [0.25, 0.3) is 0 Å². The number of hydrogen-bond acceptors (Lipinski definition) is 4. The largest absolute Gasteiger partial charge is 0.466 e. The highest BCUT2D eigenvalue weighted by Crippen LogP contribution is 2.20. The van der Waals surface area contributed by atoms with Crippen LogP contribution in [0.15, 0.2) is 6.07 Å². The number of carbonyl (C=O) groups excluding carboxylic acids is 1. The molecule has 0 saturated heterocycles. The van der Waals surface area contributed by atoms with Crippen molar-refractivity contribution in [2.45, 2.75) is 47.1 Å². The predicted molar refractivity (Wildman–Crippen MR) is 76.1 cm³/mol. The van der Waals surface area contributed by atoms with Crippen LogP contribution < -0.4 is 5.32 Å². The molecule has 0 aliphatic rings. The summed E-state index contributed by atoms with van der Waals surface area (Å²) in [5.41, 5.74) is 4.54. The maximum atomic E-state index is 11.3. The van der Waals surface area contributed by atoms with Gasteiger partial charge < -0.3 is 10.1 Å². The van der Waals surface area contributed by atoms with E-state index in [1.165, 1.54) is 11.1 Å². The van der Waals surface area contributed by atoms with Crippen molar-refractivity contribution in [3.8, 4) is 0 Å². The minimum atomic E-state index is -0.155. The molecule has 1 rings (SSSR count).